The molecule has 0 saturated carbocycles. The minimum absolute atomic E-state index is 0.417. The number of nitrogens with zero attached hydrogens (tertiary/aromatic N) is 1. The lowest BCUT2D eigenvalue weighted by Gasteiger charge is -2.30. The van der Waals surface area contributed by atoms with Crippen molar-refractivity contribution in [2.75, 3.05) is 39.9 Å². The van der Waals surface area contributed by atoms with E-state index < -0.39 is 0 Å². The highest BCUT2D eigenvalue weighted by molar-refractivity contribution is 5.19. The van der Waals surface area contributed by atoms with E-state index in [0.29, 0.717) is 12.0 Å². The highest BCUT2D eigenvalue weighted by atomic mass is 16.5. The van der Waals surface area contributed by atoms with E-state index >= 15 is 0 Å². The maximum absolute atomic E-state index is 5.60. The second kappa shape index (κ2) is 9.19. The fraction of sp³-hybridized carbons (Fsp3) is 0.667. The smallest absolute Gasteiger partial charge is 0.0506 e. The van der Waals surface area contributed by atoms with Gasteiger partial charge in [-0.15, -0.1) is 0 Å². The molecule has 1 aliphatic heterocycles. The lowest BCUT2D eigenvalue weighted by atomic mass is 10.0. The second-order valence-electron chi connectivity index (χ2n) is 6.22. The zero-order chi connectivity index (χ0) is 14.9. The molecule has 21 heavy (non-hydrogen) atoms. The molecule has 1 heterocycles. The van der Waals surface area contributed by atoms with Gasteiger partial charge in [0.15, 0.2) is 0 Å². The van der Waals surface area contributed by atoms with Gasteiger partial charge in [-0.3, -0.25) is 0 Å². The van der Waals surface area contributed by atoms with Crippen LogP contribution in [0.15, 0.2) is 30.3 Å². The number of benzene rings is 1. The first-order valence-corrected chi connectivity index (χ1v) is 8.34. The van der Waals surface area contributed by atoms with Crippen LogP contribution in [-0.4, -0.2) is 44.8 Å². The van der Waals surface area contributed by atoms with Gasteiger partial charge < -0.3 is 15.0 Å². The summed E-state index contributed by atoms with van der Waals surface area (Å²) >= 11 is 0. The maximum atomic E-state index is 5.60. The Kier molecular flexibility index (Phi) is 7.20. The fourth-order valence-corrected chi connectivity index (χ4v) is 3.07. The molecule has 1 aromatic rings. The number of hydrogen-bond acceptors (Lipinski definition) is 3. The topological polar surface area (TPSA) is 24.5 Å². The lowest BCUT2D eigenvalue weighted by Crippen LogP contribution is -2.37. The number of nitrogens with one attached hydrogen (secondary N) is 1. The normalized spacial score (nSPS) is 20.6. The summed E-state index contributed by atoms with van der Waals surface area (Å²) in [5, 5.41) is 3.68. The van der Waals surface area contributed by atoms with Gasteiger partial charge >= 0.3 is 0 Å². The van der Waals surface area contributed by atoms with E-state index in [9.17, 15) is 0 Å². The first kappa shape index (κ1) is 16.5. The number of rotatable bonds is 8. The molecule has 0 amide bonds. The molecule has 0 spiro atoms. The summed E-state index contributed by atoms with van der Waals surface area (Å²) in [5.74, 6) is 0.700. The Morgan fingerprint density at radius 3 is 2.81 bits per heavy atom. The summed E-state index contributed by atoms with van der Waals surface area (Å²) in [6, 6.07) is 11.2. The zero-order valence-electron chi connectivity index (χ0n) is 13.6. The molecular weight excluding hydrogens is 260 g/mol. The molecule has 1 aromatic carbocycles. The molecule has 2 atom stereocenters. The van der Waals surface area contributed by atoms with E-state index in [-0.39, 0.29) is 0 Å². The van der Waals surface area contributed by atoms with Crippen molar-refractivity contribution in [2.24, 2.45) is 5.92 Å². The average Bonchev–Trinajstić information content (AvgIpc) is 2.53. The van der Waals surface area contributed by atoms with Gasteiger partial charge in [0.1, 0.15) is 0 Å². The summed E-state index contributed by atoms with van der Waals surface area (Å²) in [6.45, 7) is 7.36. The number of likely N-dealkylation sites (N-methyl/N-ethyl adjacent to an activating group) is 1. The van der Waals surface area contributed by atoms with Crippen LogP contribution in [0.1, 0.15) is 37.8 Å². The highest BCUT2D eigenvalue weighted by Gasteiger charge is 2.18. The predicted octanol–water partition coefficient (Wildman–Crippen LogP) is 3.09. The number of ether oxygens (including phenoxy) is 1. The van der Waals surface area contributed by atoms with Gasteiger partial charge in [0, 0.05) is 25.7 Å². The standard InChI is InChI=1S/C18H30N2O/c1-3-11-19-18(17-9-5-4-6-10-17)14-20(2)13-16-8-7-12-21-15-16/h4-6,9-10,16,18-19H,3,7-8,11-15H2,1-2H3. The highest BCUT2D eigenvalue weighted by Crippen LogP contribution is 2.17. The van der Waals surface area contributed by atoms with Crippen molar-refractivity contribution in [1.29, 1.82) is 0 Å². The molecule has 2 rings (SSSR count). The minimum atomic E-state index is 0.417. The minimum Gasteiger partial charge on any atom is -0.381 e. The molecule has 0 aromatic heterocycles. The molecule has 0 aliphatic carbocycles. The van der Waals surface area contributed by atoms with E-state index in [1.165, 1.54) is 24.8 Å². The molecule has 0 radical (unpaired) electrons. The van der Waals surface area contributed by atoms with Crippen molar-refractivity contribution in [2.45, 2.75) is 32.2 Å². The Labute approximate surface area is 129 Å². The average molecular weight is 290 g/mol. The maximum Gasteiger partial charge on any atom is 0.0506 e. The molecular formula is C18H30N2O. The quantitative estimate of drug-likeness (QED) is 0.796. The van der Waals surface area contributed by atoms with Crippen LogP contribution in [0.5, 0.6) is 0 Å². The van der Waals surface area contributed by atoms with E-state index in [0.717, 1.165) is 32.8 Å². The Morgan fingerprint density at radius 1 is 1.33 bits per heavy atom. The summed E-state index contributed by atoms with van der Waals surface area (Å²) in [6.07, 6.45) is 3.70. The SMILES string of the molecule is CCCNC(CN(C)CC1CCCOC1)c1ccccc1. The van der Waals surface area contributed by atoms with Gasteiger partial charge in [-0.05, 0) is 44.3 Å². The summed E-state index contributed by atoms with van der Waals surface area (Å²) in [5.41, 5.74) is 1.39. The molecule has 2 unspecified atom stereocenters. The lowest BCUT2D eigenvalue weighted by molar-refractivity contribution is 0.0409. The van der Waals surface area contributed by atoms with Crippen LogP contribution in [0.3, 0.4) is 0 Å². The van der Waals surface area contributed by atoms with E-state index in [1.54, 1.807) is 0 Å². The Bertz CT molecular complexity index is 376. The Hall–Kier alpha value is -0.900. The Balaban J connectivity index is 1.87. The van der Waals surface area contributed by atoms with Gasteiger partial charge in [0.05, 0.1) is 6.61 Å². The second-order valence-corrected chi connectivity index (χ2v) is 6.22. The van der Waals surface area contributed by atoms with Crippen LogP contribution in [0.4, 0.5) is 0 Å². The summed E-state index contributed by atoms with van der Waals surface area (Å²) in [7, 11) is 2.23. The van der Waals surface area contributed by atoms with Gasteiger partial charge in [-0.2, -0.15) is 0 Å². The van der Waals surface area contributed by atoms with Crippen molar-refractivity contribution < 1.29 is 4.74 Å². The predicted molar refractivity (Wildman–Crippen MR) is 88.5 cm³/mol. The molecule has 3 heteroatoms. The van der Waals surface area contributed by atoms with Crippen LogP contribution < -0.4 is 5.32 Å². The third-order valence-electron chi connectivity index (χ3n) is 4.16. The fourth-order valence-electron chi connectivity index (χ4n) is 3.07. The van der Waals surface area contributed by atoms with E-state index in [1.807, 2.05) is 0 Å². The third-order valence-corrected chi connectivity index (χ3v) is 4.16. The molecule has 1 N–H and O–H groups in total. The van der Waals surface area contributed by atoms with E-state index in [4.69, 9.17) is 4.74 Å². The van der Waals surface area contributed by atoms with Crippen molar-refractivity contribution in [3.05, 3.63) is 35.9 Å². The largest absolute Gasteiger partial charge is 0.381 e. The van der Waals surface area contributed by atoms with Crippen molar-refractivity contribution in [3.8, 4) is 0 Å². The summed E-state index contributed by atoms with van der Waals surface area (Å²) < 4.78 is 5.60. The van der Waals surface area contributed by atoms with Crippen LogP contribution in [0.2, 0.25) is 0 Å². The van der Waals surface area contributed by atoms with Crippen molar-refractivity contribution in [3.63, 3.8) is 0 Å². The molecule has 1 fully saturated rings. The summed E-state index contributed by atoms with van der Waals surface area (Å²) in [4.78, 5) is 2.46. The first-order chi connectivity index (χ1) is 10.3. The molecule has 3 nitrogen and oxygen atoms in total. The molecule has 1 aliphatic rings. The van der Waals surface area contributed by atoms with Crippen molar-refractivity contribution in [1.82, 2.24) is 10.2 Å². The van der Waals surface area contributed by atoms with Crippen LogP contribution >= 0.6 is 0 Å². The Morgan fingerprint density at radius 2 is 2.14 bits per heavy atom. The van der Waals surface area contributed by atoms with Crippen LogP contribution in [0.25, 0.3) is 0 Å². The van der Waals surface area contributed by atoms with E-state index in [2.05, 4.69) is 54.5 Å². The van der Waals surface area contributed by atoms with Crippen LogP contribution in [-0.2, 0) is 4.74 Å². The van der Waals surface area contributed by atoms with Gasteiger partial charge in [-0.1, -0.05) is 37.3 Å². The molecule has 1 saturated heterocycles. The van der Waals surface area contributed by atoms with Crippen molar-refractivity contribution >= 4 is 0 Å². The zero-order valence-corrected chi connectivity index (χ0v) is 13.6. The monoisotopic (exact) mass is 290 g/mol. The van der Waals surface area contributed by atoms with Gasteiger partial charge in [-0.25, -0.2) is 0 Å². The van der Waals surface area contributed by atoms with Gasteiger partial charge in [0.2, 0.25) is 0 Å². The number of hydrogen-bond donors (Lipinski definition) is 1. The first-order valence-electron chi connectivity index (χ1n) is 8.34. The third kappa shape index (κ3) is 5.77. The van der Waals surface area contributed by atoms with Gasteiger partial charge in [0.25, 0.3) is 0 Å². The van der Waals surface area contributed by atoms with Crippen LogP contribution in [0, 0.1) is 5.92 Å². The molecule has 0 bridgehead atoms. The molecule has 118 valence electrons.